The Labute approximate surface area is 140 Å². The summed E-state index contributed by atoms with van der Waals surface area (Å²) < 4.78 is 25.9. The first kappa shape index (κ1) is 18.1. The molecule has 2 N–H and O–H groups in total. The van der Waals surface area contributed by atoms with E-state index in [9.17, 15) is 4.39 Å². The molecule has 0 fully saturated rings. The third kappa shape index (κ3) is 5.14. The van der Waals surface area contributed by atoms with Gasteiger partial charge in [-0.05, 0) is 53.7 Å². The van der Waals surface area contributed by atoms with Crippen LogP contribution in [0.4, 0.5) is 10.1 Å². The van der Waals surface area contributed by atoms with E-state index in [-0.39, 0.29) is 17.0 Å². The van der Waals surface area contributed by atoms with Crippen molar-refractivity contribution in [3.63, 3.8) is 0 Å². The molecule has 1 aliphatic rings. The second kappa shape index (κ2) is 6.36. The third-order valence-electron chi connectivity index (χ3n) is 2.81. The Morgan fingerprint density at radius 3 is 2.00 bits per heavy atom. The maximum absolute atomic E-state index is 14.1. The highest BCUT2D eigenvalue weighted by atomic mass is 32.1. The van der Waals surface area contributed by atoms with Crippen molar-refractivity contribution in [3.05, 3.63) is 29.6 Å². The molecule has 0 spiro atoms. The van der Waals surface area contributed by atoms with Gasteiger partial charge >= 0.3 is 0 Å². The van der Waals surface area contributed by atoms with Gasteiger partial charge in [-0.25, -0.2) is 4.39 Å². The van der Waals surface area contributed by atoms with Crippen molar-refractivity contribution < 1.29 is 13.9 Å². The first-order chi connectivity index (χ1) is 10.4. The van der Waals surface area contributed by atoms with Gasteiger partial charge in [0.25, 0.3) is 0 Å². The van der Waals surface area contributed by atoms with Crippen molar-refractivity contribution in [3.8, 4) is 0 Å². The normalized spacial score (nSPS) is 16.3. The van der Waals surface area contributed by atoms with Crippen molar-refractivity contribution >= 4 is 27.0 Å². The molecule has 0 aliphatic carbocycles. The van der Waals surface area contributed by atoms with Gasteiger partial charge < -0.3 is 15.2 Å². The number of nitrogens with two attached hydrogens (primary N) is 1. The van der Waals surface area contributed by atoms with Crippen LogP contribution >= 0.6 is 10.9 Å². The summed E-state index contributed by atoms with van der Waals surface area (Å²) in [6, 6.07) is 4.72. The second-order valence-corrected chi connectivity index (χ2v) is 8.40. The number of hydrogen-bond donors (Lipinski definition) is 1. The summed E-state index contributed by atoms with van der Waals surface area (Å²) in [6.07, 6.45) is 0. The molecule has 0 unspecified atom stereocenters. The van der Waals surface area contributed by atoms with Crippen LogP contribution in [0, 0.1) is 5.82 Å². The van der Waals surface area contributed by atoms with Gasteiger partial charge in [-0.3, -0.25) is 0 Å². The number of anilines is 1. The number of ether oxygens (including phenoxy) is 2. The Hall–Kier alpha value is -1.21. The van der Waals surface area contributed by atoms with Gasteiger partial charge in [0.05, 0.1) is 11.2 Å². The average Bonchev–Trinajstić information content (AvgIpc) is 2.33. The van der Waals surface area contributed by atoms with Gasteiger partial charge in [0.1, 0.15) is 5.82 Å². The van der Waals surface area contributed by atoms with Crippen LogP contribution in [0.25, 0.3) is 0 Å². The summed E-state index contributed by atoms with van der Waals surface area (Å²) in [5.74, 6) is -0.327. The van der Waals surface area contributed by atoms with Crippen molar-refractivity contribution in [2.45, 2.75) is 59.3 Å². The van der Waals surface area contributed by atoms with Crippen LogP contribution in [0.15, 0.2) is 18.2 Å². The molecule has 0 amide bonds. The van der Waals surface area contributed by atoms with E-state index >= 15 is 0 Å². The largest absolute Gasteiger partial charge is 0.399 e. The Morgan fingerprint density at radius 2 is 1.57 bits per heavy atom. The molecule has 1 aromatic rings. The van der Waals surface area contributed by atoms with Gasteiger partial charge in [0.15, 0.2) is 10.3 Å². The molecule has 2 rings (SSSR count). The monoisotopic (exact) mass is 340 g/mol. The molecule has 23 heavy (non-hydrogen) atoms. The standard InChI is InChI=1S/C17H25FN2O2S/c1-16(2,3)21-14-20(15(23-14)22-17(4,5)6)10-11-7-8-12(19)9-13(11)18/h7-9H,10,19H2,1-6H3. The summed E-state index contributed by atoms with van der Waals surface area (Å²) >= 11 is 0. The van der Waals surface area contributed by atoms with Crippen LogP contribution < -0.4 is 5.73 Å². The predicted octanol–water partition coefficient (Wildman–Crippen LogP) is 3.76. The Morgan fingerprint density at radius 1 is 1.04 bits per heavy atom. The van der Waals surface area contributed by atoms with Gasteiger partial charge in [-0.1, -0.05) is 17.0 Å². The highest BCUT2D eigenvalue weighted by molar-refractivity contribution is 7.99. The van der Waals surface area contributed by atoms with Crippen LogP contribution in [0.1, 0.15) is 47.1 Å². The zero-order valence-electron chi connectivity index (χ0n) is 14.6. The number of hydrogen-bond acceptors (Lipinski definition) is 4. The van der Waals surface area contributed by atoms with E-state index in [0.29, 0.717) is 28.1 Å². The minimum atomic E-state index is -0.327. The zero-order valence-corrected chi connectivity index (χ0v) is 15.4. The van der Waals surface area contributed by atoms with E-state index in [1.54, 1.807) is 12.1 Å². The molecule has 0 atom stereocenters. The van der Waals surface area contributed by atoms with Crippen LogP contribution in [0.3, 0.4) is 0 Å². The second-order valence-electron chi connectivity index (χ2n) is 7.50. The first-order valence-electron chi connectivity index (χ1n) is 7.56. The zero-order chi connectivity index (χ0) is 17.4. The molecule has 0 saturated heterocycles. The SMILES string of the molecule is CC(C)(C)OC1=S=C(OC(C)(C)C)N1Cc1ccc(N)cc1F. The van der Waals surface area contributed by atoms with E-state index < -0.39 is 0 Å². The summed E-state index contributed by atoms with van der Waals surface area (Å²) in [5.41, 5.74) is 5.91. The number of benzene rings is 1. The predicted molar refractivity (Wildman–Crippen MR) is 95.6 cm³/mol. The fraction of sp³-hybridized carbons (Fsp3) is 0.529. The lowest BCUT2D eigenvalue weighted by molar-refractivity contribution is 0.0754. The minimum Gasteiger partial charge on any atom is -0.399 e. The Bertz CT molecular complexity index is 640. The number of halogens is 1. The Balaban J connectivity index is 2.22. The van der Waals surface area contributed by atoms with E-state index in [1.165, 1.54) is 17.0 Å². The molecule has 1 aromatic carbocycles. The molecule has 0 aromatic heterocycles. The lowest BCUT2D eigenvalue weighted by atomic mass is 10.2. The van der Waals surface area contributed by atoms with Crippen molar-refractivity contribution in [1.82, 2.24) is 4.90 Å². The van der Waals surface area contributed by atoms with Crippen LogP contribution in [0.2, 0.25) is 0 Å². The summed E-state index contributed by atoms with van der Waals surface area (Å²) in [5, 5.41) is 1.43. The molecular weight excluding hydrogens is 315 g/mol. The van der Waals surface area contributed by atoms with E-state index in [0.717, 1.165) is 0 Å². The summed E-state index contributed by atoms with van der Waals surface area (Å²) in [6.45, 7) is 12.2. The molecule has 0 saturated carbocycles. The first-order valence-corrected chi connectivity index (χ1v) is 8.37. The fourth-order valence-corrected chi connectivity index (χ4v) is 3.00. The number of nitrogens with zero attached hydrogens (tertiary/aromatic N) is 1. The molecule has 1 aliphatic heterocycles. The highest BCUT2D eigenvalue weighted by Gasteiger charge is 2.32. The lowest BCUT2D eigenvalue weighted by Gasteiger charge is -2.35. The van der Waals surface area contributed by atoms with Gasteiger partial charge in [-0.2, -0.15) is 4.90 Å². The Kier molecular flexibility index (Phi) is 5.01. The number of rotatable bonds is 2. The van der Waals surface area contributed by atoms with Gasteiger partial charge in [0.2, 0.25) is 0 Å². The van der Waals surface area contributed by atoms with Gasteiger partial charge in [0, 0.05) is 17.8 Å². The molecule has 4 nitrogen and oxygen atoms in total. The lowest BCUT2D eigenvalue weighted by Crippen LogP contribution is -2.48. The average molecular weight is 340 g/mol. The molecule has 1 heterocycles. The van der Waals surface area contributed by atoms with Crippen LogP contribution in [-0.2, 0) is 16.0 Å². The van der Waals surface area contributed by atoms with Crippen molar-refractivity contribution in [1.29, 1.82) is 0 Å². The van der Waals surface area contributed by atoms with E-state index in [1.807, 2.05) is 46.4 Å². The summed E-state index contributed by atoms with van der Waals surface area (Å²) in [7, 11) is 1.43. The molecule has 0 bridgehead atoms. The van der Waals surface area contributed by atoms with E-state index in [4.69, 9.17) is 15.2 Å². The van der Waals surface area contributed by atoms with Crippen molar-refractivity contribution in [2.24, 2.45) is 0 Å². The quantitative estimate of drug-likeness (QED) is 0.658. The van der Waals surface area contributed by atoms with Gasteiger partial charge in [-0.15, -0.1) is 0 Å². The molecular formula is C17H25FN2O2S. The summed E-state index contributed by atoms with van der Waals surface area (Å²) in [4.78, 5) is 1.86. The third-order valence-corrected chi connectivity index (χ3v) is 3.76. The molecule has 6 heteroatoms. The van der Waals surface area contributed by atoms with E-state index in [2.05, 4.69) is 0 Å². The topological polar surface area (TPSA) is 47.7 Å². The maximum Gasteiger partial charge on any atom is 0.190 e. The smallest absolute Gasteiger partial charge is 0.190 e. The van der Waals surface area contributed by atoms with Crippen molar-refractivity contribution in [2.75, 3.05) is 5.73 Å². The molecule has 128 valence electrons. The highest BCUT2D eigenvalue weighted by Crippen LogP contribution is 2.25. The fourth-order valence-electron chi connectivity index (χ4n) is 1.89. The van der Waals surface area contributed by atoms with Crippen LogP contribution in [-0.4, -0.2) is 26.5 Å². The minimum absolute atomic E-state index is 0.326. The van der Waals surface area contributed by atoms with Crippen LogP contribution in [0.5, 0.6) is 0 Å². The maximum atomic E-state index is 14.1. The number of nitrogen functional groups attached to an aromatic ring is 1. The molecule has 0 radical (unpaired) electrons.